The number of esters is 1. The van der Waals surface area contributed by atoms with Crippen molar-refractivity contribution in [2.75, 3.05) is 7.11 Å². The van der Waals surface area contributed by atoms with Crippen molar-refractivity contribution in [2.45, 2.75) is 37.9 Å². The van der Waals surface area contributed by atoms with E-state index in [9.17, 15) is 4.79 Å². The fourth-order valence-corrected chi connectivity index (χ4v) is 3.67. The minimum Gasteiger partial charge on any atom is -0.469 e. The van der Waals surface area contributed by atoms with Gasteiger partial charge in [-0.1, -0.05) is 42.5 Å². The van der Waals surface area contributed by atoms with E-state index < -0.39 is 0 Å². The zero-order valence-electron chi connectivity index (χ0n) is 12.0. The van der Waals surface area contributed by atoms with Crippen LogP contribution in [0.3, 0.4) is 0 Å². The number of carbonyl (C=O) groups excluding carboxylic acids is 1. The van der Waals surface area contributed by atoms with Crippen molar-refractivity contribution >= 4 is 5.97 Å². The van der Waals surface area contributed by atoms with Crippen LogP contribution in [0.5, 0.6) is 0 Å². The Balaban J connectivity index is 1.83. The standard InChI is InChI=1S/C17H21NO2/c1-12(13-6-4-3-5-7-13)18-15-9-8-14(10-15)16(18)11-17(19)20-2/h3-9,12,14-16H,10-11H2,1-2H3/t12-,14+,15-,16+/m0/s1. The number of hydrogen-bond acceptors (Lipinski definition) is 3. The van der Waals surface area contributed by atoms with E-state index >= 15 is 0 Å². The van der Waals surface area contributed by atoms with Gasteiger partial charge in [0.1, 0.15) is 0 Å². The number of likely N-dealkylation sites (tertiary alicyclic amines) is 1. The molecule has 3 nitrogen and oxygen atoms in total. The Morgan fingerprint density at radius 1 is 1.35 bits per heavy atom. The number of benzene rings is 1. The second kappa shape index (κ2) is 5.41. The first-order chi connectivity index (χ1) is 9.70. The molecule has 0 unspecified atom stereocenters. The molecule has 106 valence electrons. The van der Waals surface area contributed by atoms with Crippen LogP contribution in [0.1, 0.15) is 31.4 Å². The summed E-state index contributed by atoms with van der Waals surface area (Å²) in [6.45, 7) is 2.23. The normalized spacial score (nSPS) is 29.6. The number of nitrogens with zero attached hydrogens (tertiary/aromatic N) is 1. The quantitative estimate of drug-likeness (QED) is 0.623. The molecule has 0 N–H and O–H groups in total. The van der Waals surface area contributed by atoms with Crippen molar-refractivity contribution in [3.8, 4) is 0 Å². The number of hydrogen-bond donors (Lipinski definition) is 0. The van der Waals surface area contributed by atoms with E-state index in [2.05, 4.69) is 48.2 Å². The maximum absolute atomic E-state index is 11.7. The van der Waals surface area contributed by atoms with Gasteiger partial charge >= 0.3 is 5.97 Å². The summed E-state index contributed by atoms with van der Waals surface area (Å²) in [4.78, 5) is 14.2. The van der Waals surface area contributed by atoms with Crippen LogP contribution in [-0.4, -0.2) is 30.1 Å². The average Bonchev–Trinajstić information content (AvgIpc) is 3.08. The van der Waals surface area contributed by atoms with Gasteiger partial charge in [0.25, 0.3) is 0 Å². The SMILES string of the molecule is COC(=O)C[C@@H]1[C@@H]2C=C[C@@H](C2)N1[C@@H](C)c1ccccc1. The molecule has 0 aromatic heterocycles. The van der Waals surface area contributed by atoms with Gasteiger partial charge in [0.2, 0.25) is 0 Å². The monoisotopic (exact) mass is 271 g/mol. The van der Waals surface area contributed by atoms with Gasteiger partial charge in [-0.15, -0.1) is 0 Å². The summed E-state index contributed by atoms with van der Waals surface area (Å²) in [7, 11) is 1.47. The van der Waals surface area contributed by atoms with Crippen LogP contribution in [-0.2, 0) is 9.53 Å². The van der Waals surface area contributed by atoms with Gasteiger partial charge in [-0.05, 0) is 24.8 Å². The smallest absolute Gasteiger partial charge is 0.307 e. The summed E-state index contributed by atoms with van der Waals surface area (Å²) in [6, 6.07) is 11.6. The number of rotatable bonds is 4. The molecule has 4 atom stereocenters. The molecule has 2 bridgehead atoms. The highest BCUT2D eigenvalue weighted by molar-refractivity contribution is 5.70. The third-order valence-corrected chi connectivity index (χ3v) is 4.69. The van der Waals surface area contributed by atoms with Gasteiger partial charge in [0.15, 0.2) is 0 Å². The Labute approximate surface area is 120 Å². The second-order valence-corrected chi connectivity index (χ2v) is 5.73. The van der Waals surface area contributed by atoms with E-state index in [1.165, 1.54) is 12.7 Å². The zero-order chi connectivity index (χ0) is 14.1. The molecule has 1 aromatic carbocycles. The van der Waals surface area contributed by atoms with Crippen molar-refractivity contribution in [1.29, 1.82) is 0 Å². The maximum Gasteiger partial charge on any atom is 0.307 e. The third kappa shape index (κ3) is 2.27. The molecule has 2 aliphatic rings. The second-order valence-electron chi connectivity index (χ2n) is 5.73. The Kier molecular flexibility index (Phi) is 3.62. The maximum atomic E-state index is 11.7. The molecule has 1 aromatic rings. The Bertz CT molecular complexity index is 511. The Morgan fingerprint density at radius 3 is 2.80 bits per heavy atom. The van der Waals surface area contributed by atoms with Crippen LogP contribution in [0.2, 0.25) is 0 Å². The highest BCUT2D eigenvalue weighted by atomic mass is 16.5. The molecule has 0 amide bonds. The molecule has 1 aliphatic heterocycles. The molecule has 20 heavy (non-hydrogen) atoms. The van der Waals surface area contributed by atoms with E-state index in [-0.39, 0.29) is 12.0 Å². The lowest BCUT2D eigenvalue weighted by Crippen LogP contribution is -2.41. The van der Waals surface area contributed by atoms with E-state index in [0.29, 0.717) is 24.4 Å². The van der Waals surface area contributed by atoms with Gasteiger partial charge in [0, 0.05) is 18.1 Å². The first kappa shape index (κ1) is 13.4. The molecule has 1 saturated heterocycles. The van der Waals surface area contributed by atoms with Crippen molar-refractivity contribution in [1.82, 2.24) is 4.90 Å². The van der Waals surface area contributed by atoms with Crippen molar-refractivity contribution in [2.24, 2.45) is 5.92 Å². The predicted molar refractivity (Wildman–Crippen MR) is 78.2 cm³/mol. The molecule has 1 fully saturated rings. The predicted octanol–water partition coefficient (Wildman–Crippen LogP) is 2.94. The third-order valence-electron chi connectivity index (χ3n) is 4.69. The van der Waals surface area contributed by atoms with E-state index in [4.69, 9.17) is 4.74 Å². The lowest BCUT2D eigenvalue weighted by Gasteiger charge is -2.37. The van der Waals surface area contributed by atoms with Crippen LogP contribution in [0.4, 0.5) is 0 Å². The largest absolute Gasteiger partial charge is 0.469 e. The lowest BCUT2D eigenvalue weighted by molar-refractivity contribution is -0.142. The number of fused-ring (bicyclic) bond motifs is 2. The molecule has 3 heteroatoms. The Morgan fingerprint density at radius 2 is 2.10 bits per heavy atom. The van der Waals surface area contributed by atoms with E-state index in [1.807, 2.05) is 6.07 Å². The highest BCUT2D eigenvalue weighted by Gasteiger charge is 2.45. The fourth-order valence-electron chi connectivity index (χ4n) is 3.67. The summed E-state index contributed by atoms with van der Waals surface area (Å²) in [5.41, 5.74) is 1.31. The fraction of sp³-hybridized carbons (Fsp3) is 0.471. The molecule has 0 spiro atoms. The Hall–Kier alpha value is -1.61. The first-order valence-electron chi connectivity index (χ1n) is 7.28. The summed E-state index contributed by atoms with van der Waals surface area (Å²) in [5, 5.41) is 0. The summed E-state index contributed by atoms with van der Waals surface area (Å²) >= 11 is 0. The molecule has 1 aliphatic carbocycles. The summed E-state index contributed by atoms with van der Waals surface area (Å²) < 4.78 is 4.86. The van der Waals surface area contributed by atoms with Gasteiger partial charge in [-0.3, -0.25) is 9.69 Å². The van der Waals surface area contributed by atoms with Gasteiger partial charge in [-0.25, -0.2) is 0 Å². The minimum atomic E-state index is -0.110. The summed E-state index contributed by atoms with van der Waals surface area (Å²) in [6.07, 6.45) is 6.18. The van der Waals surface area contributed by atoms with Crippen molar-refractivity contribution < 1.29 is 9.53 Å². The number of carbonyl (C=O) groups is 1. The topological polar surface area (TPSA) is 29.5 Å². The van der Waals surface area contributed by atoms with Crippen LogP contribution < -0.4 is 0 Å². The molecular weight excluding hydrogens is 250 g/mol. The molecule has 0 saturated carbocycles. The van der Waals surface area contributed by atoms with Crippen LogP contribution in [0.15, 0.2) is 42.5 Å². The van der Waals surface area contributed by atoms with Crippen molar-refractivity contribution in [3.05, 3.63) is 48.0 Å². The molecule has 3 rings (SSSR count). The zero-order valence-corrected chi connectivity index (χ0v) is 12.0. The van der Waals surface area contributed by atoms with E-state index in [0.717, 1.165) is 6.42 Å². The molecule has 1 heterocycles. The molecular formula is C17H21NO2. The van der Waals surface area contributed by atoms with Crippen LogP contribution in [0, 0.1) is 5.92 Å². The highest BCUT2D eigenvalue weighted by Crippen LogP contribution is 2.43. The molecule has 0 radical (unpaired) electrons. The van der Waals surface area contributed by atoms with Gasteiger partial charge in [-0.2, -0.15) is 0 Å². The van der Waals surface area contributed by atoms with Crippen LogP contribution in [0.25, 0.3) is 0 Å². The van der Waals surface area contributed by atoms with Crippen molar-refractivity contribution in [3.63, 3.8) is 0 Å². The average molecular weight is 271 g/mol. The number of ether oxygens (including phenoxy) is 1. The minimum absolute atomic E-state index is 0.110. The van der Waals surface area contributed by atoms with E-state index in [1.54, 1.807) is 0 Å². The van der Waals surface area contributed by atoms with Crippen LogP contribution >= 0.6 is 0 Å². The van der Waals surface area contributed by atoms with Gasteiger partial charge < -0.3 is 4.74 Å². The van der Waals surface area contributed by atoms with Gasteiger partial charge in [0.05, 0.1) is 13.5 Å². The lowest BCUT2D eigenvalue weighted by atomic mass is 9.96. The first-order valence-corrected chi connectivity index (χ1v) is 7.28. The number of methoxy groups -OCH3 is 1. The summed E-state index contributed by atoms with van der Waals surface area (Å²) in [5.74, 6) is 0.381.